The summed E-state index contributed by atoms with van der Waals surface area (Å²) in [5.74, 6) is -1.62. The standard InChI is InChI=1S/C34H48O8/c1-17(2)20-7-9-22(27(20)41-18(3)36)21-8-10-23-24(21)15-32(16-35)26-12-14-34(32,28(23)38)30(42-19(4)37)33(26)13-11-25(29(33)39)31(5,6)40/h15-16,20-23,25-30,38-40H,1,7-14H2,2-6H3/t20-,21-,22+,23-,25-,26+,27+,28+,29-,30+,32+,33-,34-/m0/s1. The summed E-state index contributed by atoms with van der Waals surface area (Å²) >= 11 is 0. The van der Waals surface area contributed by atoms with E-state index in [4.69, 9.17) is 9.47 Å². The van der Waals surface area contributed by atoms with Crippen molar-refractivity contribution in [1.82, 2.24) is 0 Å². The number of carbonyl (C=O) groups excluding carboxylic acids is 3. The van der Waals surface area contributed by atoms with Crippen LogP contribution in [0.1, 0.15) is 86.0 Å². The normalized spacial score (nSPS) is 49.0. The minimum Gasteiger partial charge on any atom is -0.462 e. The van der Waals surface area contributed by atoms with Gasteiger partial charge in [-0.15, -0.1) is 0 Å². The molecule has 0 aromatic rings. The molecule has 0 aliphatic heterocycles. The smallest absolute Gasteiger partial charge is 0.302 e. The van der Waals surface area contributed by atoms with E-state index in [1.54, 1.807) is 13.8 Å². The maximum Gasteiger partial charge on any atom is 0.302 e. The fourth-order valence-electron chi connectivity index (χ4n) is 11.7. The topological polar surface area (TPSA) is 130 Å². The highest BCUT2D eigenvalue weighted by Crippen LogP contribution is 2.81. The van der Waals surface area contributed by atoms with Gasteiger partial charge in [0, 0.05) is 42.9 Å². The zero-order chi connectivity index (χ0) is 30.6. The van der Waals surface area contributed by atoms with Gasteiger partial charge in [-0.05, 0) is 84.0 Å². The van der Waals surface area contributed by atoms with Crippen LogP contribution in [0.15, 0.2) is 23.8 Å². The summed E-state index contributed by atoms with van der Waals surface area (Å²) in [5, 5.41) is 35.5. The summed E-state index contributed by atoms with van der Waals surface area (Å²) in [6, 6.07) is 0. The van der Waals surface area contributed by atoms with Gasteiger partial charge in [-0.1, -0.05) is 23.8 Å². The van der Waals surface area contributed by atoms with Crippen LogP contribution >= 0.6 is 0 Å². The molecule has 6 aliphatic carbocycles. The van der Waals surface area contributed by atoms with E-state index in [0.717, 1.165) is 43.1 Å². The van der Waals surface area contributed by atoms with Gasteiger partial charge < -0.3 is 29.6 Å². The second-order valence-electron chi connectivity index (χ2n) is 15.2. The fraction of sp³-hybridized carbons (Fsp3) is 0.794. The summed E-state index contributed by atoms with van der Waals surface area (Å²) in [6.45, 7) is 12.3. The maximum absolute atomic E-state index is 13.6. The molecule has 13 atom stereocenters. The number of aliphatic hydroxyl groups excluding tert-OH is 2. The predicted octanol–water partition coefficient (Wildman–Crippen LogP) is 3.90. The van der Waals surface area contributed by atoms with Crippen LogP contribution in [0, 0.1) is 51.8 Å². The molecular weight excluding hydrogens is 536 g/mol. The highest BCUT2D eigenvalue weighted by Gasteiger charge is 2.85. The van der Waals surface area contributed by atoms with Crippen molar-refractivity contribution >= 4 is 18.2 Å². The van der Waals surface area contributed by atoms with Gasteiger partial charge in [0.2, 0.25) is 0 Å². The second kappa shape index (κ2) is 9.73. The molecule has 0 aromatic heterocycles. The lowest BCUT2D eigenvalue weighted by atomic mass is 9.55. The number of aldehydes is 1. The monoisotopic (exact) mass is 584 g/mol. The van der Waals surface area contributed by atoms with Crippen molar-refractivity contribution in [1.29, 1.82) is 0 Å². The number of ether oxygens (including phenoxy) is 2. The van der Waals surface area contributed by atoms with Gasteiger partial charge in [-0.25, -0.2) is 0 Å². The molecule has 0 aromatic carbocycles. The van der Waals surface area contributed by atoms with Crippen LogP contribution in [0.5, 0.6) is 0 Å². The Morgan fingerprint density at radius 3 is 2.19 bits per heavy atom. The summed E-state index contributed by atoms with van der Waals surface area (Å²) in [5.41, 5.74) is -2.20. The number of rotatable bonds is 6. The first-order chi connectivity index (χ1) is 19.7. The molecule has 0 unspecified atom stereocenters. The first kappa shape index (κ1) is 30.0. The molecule has 42 heavy (non-hydrogen) atoms. The zero-order valence-electron chi connectivity index (χ0n) is 25.7. The van der Waals surface area contributed by atoms with Crippen LogP contribution in [-0.2, 0) is 23.9 Å². The van der Waals surface area contributed by atoms with E-state index < -0.39 is 52.0 Å². The van der Waals surface area contributed by atoms with Crippen LogP contribution in [0.2, 0.25) is 0 Å². The van der Waals surface area contributed by atoms with Crippen LogP contribution < -0.4 is 0 Å². The Bertz CT molecular complexity index is 1220. The minimum absolute atomic E-state index is 0.0493. The highest BCUT2D eigenvalue weighted by atomic mass is 16.6. The van der Waals surface area contributed by atoms with Gasteiger partial charge in [0.15, 0.2) is 0 Å². The summed E-state index contributed by atoms with van der Waals surface area (Å²) < 4.78 is 12.1. The third kappa shape index (κ3) is 3.67. The van der Waals surface area contributed by atoms with E-state index in [1.807, 2.05) is 6.92 Å². The molecule has 8 heteroatoms. The molecule has 2 bridgehead atoms. The zero-order valence-corrected chi connectivity index (χ0v) is 25.7. The summed E-state index contributed by atoms with van der Waals surface area (Å²) in [4.78, 5) is 38.4. The molecule has 6 aliphatic rings. The Morgan fingerprint density at radius 1 is 0.952 bits per heavy atom. The second-order valence-corrected chi connectivity index (χ2v) is 15.2. The van der Waals surface area contributed by atoms with Crippen LogP contribution in [0.25, 0.3) is 0 Å². The van der Waals surface area contributed by atoms with Crippen molar-refractivity contribution in [3.8, 4) is 0 Å². The average molecular weight is 585 g/mol. The maximum atomic E-state index is 13.6. The van der Waals surface area contributed by atoms with Crippen molar-refractivity contribution in [2.45, 2.75) is 116 Å². The van der Waals surface area contributed by atoms with Gasteiger partial charge in [-0.2, -0.15) is 0 Å². The number of carbonyl (C=O) groups is 3. The van der Waals surface area contributed by atoms with Gasteiger partial charge in [0.25, 0.3) is 0 Å². The number of esters is 2. The highest BCUT2D eigenvalue weighted by molar-refractivity contribution is 5.73. The molecule has 8 nitrogen and oxygen atoms in total. The first-order valence-electron chi connectivity index (χ1n) is 15.9. The first-order valence-corrected chi connectivity index (χ1v) is 15.9. The molecule has 5 fully saturated rings. The molecule has 0 heterocycles. The molecule has 3 N–H and O–H groups in total. The van der Waals surface area contributed by atoms with Gasteiger partial charge in [-0.3, -0.25) is 9.59 Å². The number of hydrogen-bond acceptors (Lipinski definition) is 8. The van der Waals surface area contributed by atoms with Crippen LogP contribution in [-0.4, -0.2) is 63.6 Å². The molecule has 1 spiro atoms. The molecule has 0 amide bonds. The van der Waals surface area contributed by atoms with Gasteiger partial charge in [0.1, 0.15) is 18.5 Å². The molecule has 5 saturated carbocycles. The van der Waals surface area contributed by atoms with E-state index in [1.165, 1.54) is 13.8 Å². The van der Waals surface area contributed by atoms with Crippen molar-refractivity contribution < 1.29 is 39.2 Å². The lowest BCUT2D eigenvalue weighted by molar-refractivity contribution is -0.197. The lowest BCUT2D eigenvalue weighted by Gasteiger charge is -2.52. The van der Waals surface area contributed by atoms with E-state index in [0.29, 0.717) is 25.7 Å². The number of allylic oxidation sites excluding steroid dienone is 1. The number of hydrogen-bond donors (Lipinski definition) is 3. The van der Waals surface area contributed by atoms with Crippen LogP contribution in [0.4, 0.5) is 0 Å². The summed E-state index contributed by atoms with van der Waals surface area (Å²) in [7, 11) is 0. The van der Waals surface area contributed by atoms with E-state index in [9.17, 15) is 29.7 Å². The Kier molecular flexibility index (Phi) is 6.96. The quantitative estimate of drug-likeness (QED) is 0.244. The molecule has 0 saturated heterocycles. The average Bonchev–Trinajstić information content (AvgIpc) is 3.67. The Hall–Kier alpha value is -2.03. The minimum atomic E-state index is -1.16. The Balaban J connectivity index is 1.48. The van der Waals surface area contributed by atoms with Gasteiger partial charge >= 0.3 is 11.9 Å². The molecular formula is C34H48O8. The van der Waals surface area contributed by atoms with Crippen molar-refractivity contribution in [2.75, 3.05) is 0 Å². The Morgan fingerprint density at radius 2 is 1.62 bits per heavy atom. The van der Waals surface area contributed by atoms with E-state index >= 15 is 0 Å². The number of aliphatic hydroxyl groups is 3. The van der Waals surface area contributed by atoms with Crippen molar-refractivity contribution in [2.24, 2.45) is 51.8 Å². The van der Waals surface area contributed by atoms with Gasteiger partial charge in [0.05, 0.1) is 28.6 Å². The third-order valence-corrected chi connectivity index (χ3v) is 13.1. The van der Waals surface area contributed by atoms with E-state index in [2.05, 4.69) is 12.7 Å². The Labute approximate surface area is 248 Å². The predicted molar refractivity (Wildman–Crippen MR) is 154 cm³/mol. The lowest BCUT2D eigenvalue weighted by Crippen LogP contribution is -2.60. The van der Waals surface area contributed by atoms with E-state index in [-0.39, 0.29) is 41.7 Å². The molecule has 6 rings (SSSR count). The summed E-state index contributed by atoms with van der Waals surface area (Å²) in [6.07, 6.45) is 5.55. The largest absolute Gasteiger partial charge is 0.462 e. The third-order valence-electron chi connectivity index (χ3n) is 13.1. The van der Waals surface area contributed by atoms with Crippen LogP contribution in [0.3, 0.4) is 0 Å². The fourth-order valence-corrected chi connectivity index (χ4v) is 11.7. The van der Waals surface area contributed by atoms with Crippen molar-refractivity contribution in [3.63, 3.8) is 0 Å². The van der Waals surface area contributed by atoms with Crippen molar-refractivity contribution in [3.05, 3.63) is 23.8 Å². The SMILES string of the molecule is C=C(C)[C@@H]1CC[C@H]([C@@H]2CC[C@H]3C2=C[C@@]2(C=O)[C@H]4CC[C@]2([C@@H]3O)[C@H](OC(C)=O)[C@@]42CC[C@H](C(C)(C)O)[C@@H]2O)[C@@H]1OC(C)=O. The molecule has 0 radical (unpaired) electrons. The molecule has 232 valence electrons. The number of fused-ring (bicyclic) bond motifs is 2.